The third-order valence-electron chi connectivity index (χ3n) is 5.37. The molecule has 10 nitrogen and oxygen atoms in total. The van der Waals surface area contributed by atoms with E-state index in [1.165, 1.54) is 17.3 Å². The van der Waals surface area contributed by atoms with Crippen LogP contribution in [-0.4, -0.2) is 61.7 Å². The fraction of sp³-hybridized carbons (Fsp3) is 0.250. The Kier molecular flexibility index (Phi) is 4.59. The zero-order valence-corrected chi connectivity index (χ0v) is 16.7. The smallest absolute Gasteiger partial charge is 0.416 e. The molecule has 1 aromatic carbocycles. The van der Waals surface area contributed by atoms with Gasteiger partial charge in [-0.05, 0) is 30.7 Å². The number of fused-ring (bicyclic) bond motifs is 1. The van der Waals surface area contributed by atoms with Crippen molar-refractivity contribution in [2.45, 2.75) is 19.1 Å². The zero-order valence-electron chi connectivity index (χ0n) is 16.7. The van der Waals surface area contributed by atoms with Gasteiger partial charge >= 0.3 is 6.09 Å². The number of aromatic amines is 1. The molecule has 1 aliphatic rings. The summed E-state index contributed by atoms with van der Waals surface area (Å²) in [6.07, 6.45) is 3.88. The molecule has 1 unspecified atom stereocenters. The Morgan fingerprint density at radius 1 is 1.32 bits per heavy atom. The molecule has 31 heavy (non-hydrogen) atoms. The number of hydrogen-bond acceptors (Lipinski definition) is 7. The Morgan fingerprint density at radius 2 is 2.19 bits per heavy atom. The second-order valence-corrected chi connectivity index (χ2v) is 7.10. The van der Waals surface area contributed by atoms with Crippen LogP contribution in [0.25, 0.3) is 28.2 Å². The Bertz CT molecular complexity index is 1260. The maximum absolute atomic E-state index is 14.7. The predicted octanol–water partition coefficient (Wildman–Crippen LogP) is 2.68. The number of ether oxygens (including phenoxy) is 2. The summed E-state index contributed by atoms with van der Waals surface area (Å²) in [6, 6.07) is 6.14. The van der Waals surface area contributed by atoms with Crippen LogP contribution in [0.4, 0.5) is 15.0 Å². The number of H-pyrrole nitrogens is 1. The number of carbonyl (C=O) groups excluding carboxylic acids is 1. The van der Waals surface area contributed by atoms with E-state index in [0.717, 1.165) is 0 Å². The molecule has 1 amide bonds. The lowest BCUT2D eigenvalue weighted by atomic mass is 10.1. The van der Waals surface area contributed by atoms with Gasteiger partial charge in [0, 0.05) is 18.9 Å². The van der Waals surface area contributed by atoms with Crippen molar-refractivity contribution in [3.8, 4) is 22.5 Å². The fourth-order valence-electron chi connectivity index (χ4n) is 3.61. The molecule has 0 saturated carbocycles. The van der Waals surface area contributed by atoms with Crippen LogP contribution in [0, 0.1) is 5.82 Å². The van der Waals surface area contributed by atoms with Gasteiger partial charge in [0.15, 0.2) is 11.5 Å². The fourth-order valence-corrected chi connectivity index (χ4v) is 3.61. The van der Waals surface area contributed by atoms with E-state index in [4.69, 9.17) is 9.47 Å². The third kappa shape index (κ3) is 3.19. The molecule has 1 aliphatic heterocycles. The third-order valence-corrected chi connectivity index (χ3v) is 5.37. The second kappa shape index (κ2) is 7.43. The minimum atomic E-state index is -0.491. The van der Waals surface area contributed by atoms with Crippen LogP contribution < -0.4 is 4.90 Å². The Hall–Kier alpha value is -3.86. The average molecular weight is 423 g/mol. The SMILES string of the molecule is CO[C@@H](C)C1COC(=O)N1c1ccn2ncc(-c3ccc(-c4ncn[nH]4)c(F)c3)c2n1. The number of amides is 1. The maximum Gasteiger partial charge on any atom is 0.416 e. The molecule has 0 spiro atoms. The largest absolute Gasteiger partial charge is 0.447 e. The van der Waals surface area contributed by atoms with Crippen LogP contribution in [0.2, 0.25) is 0 Å². The molecule has 0 radical (unpaired) electrons. The lowest BCUT2D eigenvalue weighted by molar-refractivity contribution is 0.0881. The summed E-state index contributed by atoms with van der Waals surface area (Å²) in [5.41, 5.74) is 2.00. The Morgan fingerprint density at radius 3 is 2.94 bits per heavy atom. The number of aromatic nitrogens is 6. The summed E-state index contributed by atoms with van der Waals surface area (Å²) in [5.74, 6) is 0.293. The van der Waals surface area contributed by atoms with Crippen LogP contribution in [0.3, 0.4) is 0 Å². The lowest BCUT2D eigenvalue weighted by Gasteiger charge is -2.24. The topological polar surface area (TPSA) is 111 Å². The van der Waals surface area contributed by atoms with Crippen molar-refractivity contribution in [1.29, 1.82) is 0 Å². The Balaban J connectivity index is 1.56. The summed E-state index contributed by atoms with van der Waals surface area (Å²) in [4.78, 5) is 22.4. The molecule has 2 atom stereocenters. The van der Waals surface area contributed by atoms with E-state index >= 15 is 0 Å². The second-order valence-electron chi connectivity index (χ2n) is 7.10. The van der Waals surface area contributed by atoms with E-state index < -0.39 is 11.9 Å². The van der Waals surface area contributed by atoms with Gasteiger partial charge < -0.3 is 9.47 Å². The van der Waals surface area contributed by atoms with Gasteiger partial charge in [0.2, 0.25) is 0 Å². The number of methoxy groups -OCH3 is 1. The molecule has 0 aliphatic carbocycles. The van der Waals surface area contributed by atoms with Crippen LogP contribution in [0.15, 0.2) is 43.0 Å². The number of nitrogens with one attached hydrogen (secondary N) is 1. The van der Waals surface area contributed by atoms with Gasteiger partial charge in [-0.1, -0.05) is 6.07 Å². The number of hydrogen-bond donors (Lipinski definition) is 1. The number of rotatable bonds is 5. The van der Waals surface area contributed by atoms with E-state index in [1.54, 1.807) is 42.2 Å². The van der Waals surface area contributed by atoms with E-state index in [-0.39, 0.29) is 18.8 Å². The molecule has 4 aromatic rings. The van der Waals surface area contributed by atoms with Crippen LogP contribution in [0.1, 0.15) is 6.92 Å². The molecule has 3 aromatic heterocycles. The van der Waals surface area contributed by atoms with Crippen molar-refractivity contribution in [3.05, 3.63) is 48.8 Å². The van der Waals surface area contributed by atoms with Gasteiger partial charge in [-0.15, -0.1) is 0 Å². The number of cyclic esters (lactones) is 1. The first-order valence-corrected chi connectivity index (χ1v) is 9.55. The number of benzene rings is 1. The molecule has 1 N–H and O–H groups in total. The summed E-state index contributed by atoms with van der Waals surface area (Å²) in [7, 11) is 1.58. The molecular weight excluding hydrogens is 405 g/mol. The molecule has 11 heteroatoms. The predicted molar refractivity (Wildman–Crippen MR) is 108 cm³/mol. The van der Waals surface area contributed by atoms with Gasteiger partial charge in [-0.2, -0.15) is 10.2 Å². The summed E-state index contributed by atoms with van der Waals surface area (Å²) in [5, 5.41) is 10.7. The summed E-state index contributed by atoms with van der Waals surface area (Å²) < 4.78 is 26.9. The molecule has 0 bridgehead atoms. The molecule has 1 saturated heterocycles. The van der Waals surface area contributed by atoms with Crippen molar-refractivity contribution in [1.82, 2.24) is 29.8 Å². The van der Waals surface area contributed by atoms with Gasteiger partial charge in [-0.25, -0.2) is 23.7 Å². The average Bonchev–Trinajstić information content (AvgIpc) is 3.52. The zero-order chi connectivity index (χ0) is 21.5. The highest BCUT2D eigenvalue weighted by Crippen LogP contribution is 2.30. The summed E-state index contributed by atoms with van der Waals surface area (Å²) >= 11 is 0. The highest BCUT2D eigenvalue weighted by atomic mass is 19.1. The van der Waals surface area contributed by atoms with E-state index in [9.17, 15) is 9.18 Å². The minimum Gasteiger partial charge on any atom is -0.447 e. The number of nitrogens with zero attached hydrogens (tertiary/aromatic N) is 6. The molecule has 1 fully saturated rings. The Labute approximate surface area is 175 Å². The van der Waals surface area contributed by atoms with Crippen molar-refractivity contribution in [3.63, 3.8) is 0 Å². The van der Waals surface area contributed by atoms with Crippen molar-refractivity contribution in [2.75, 3.05) is 18.6 Å². The van der Waals surface area contributed by atoms with Crippen LogP contribution in [0.5, 0.6) is 0 Å². The minimum absolute atomic E-state index is 0.209. The maximum atomic E-state index is 14.7. The highest BCUT2D eigenvalue weighted by molar-refractivity contribution is 5.90. The van der Waals surface area contributed by atoms with Crippen molar-refractivity contribution < 1.29 is 18.7 Å². The first kappa shape index (κ1) is 19.1. The monoisotopic (exact) mass is 423 g/mol. The van der Waals surface area contributed by atoms with Gasteiger partial charge in [-0.3, -0.25) is 10.00 Å². The van der Waals surface area contributed by atoms with Gasteiger partial charge in [0.25, 0.3) is 0 Å². The summed E-state index contributed by atoms with van der Waals surface area (Å²) in [6.45, 7) is 2.07. The standard InChI is InChI=1S/C20H18FN7O3/c1-11(30-2)16-9-31-20(29)28(16)17-5-6-27-19(25-17)14(8-24-27)12-3-4-13(15(21)7-12)18-22-10-23-26-18/h3-8,10-11,16H,9H2,1-2H3,(H,22,23,26)/t11-,16?/m0/s1. The lowest BCUT2D eigenvalue weighted by Crippen LogP contribution is -2.42. The first-order valence-electron chi connectivity index (χ1n) is 9.55. The van der Waals surface area contributed by atoms with Crippen LogP contribution in [-0.2, 0) is 9.47 Å². The molecular formula is C20H18FN7O3. The van der Waals surface area contributed by atoms with Gasteiger partial charge in [0.1, 0.15) is 30.6 Å². The van der Waals surface area contributed by atoms with E-state index in [2.05, 4.69) is 25.3 Å². The first-order chi connectivity index (χ1) is 15.1. The number of anilines is 1. The highest BCUT2D eigenvalue weighted by Gasteiger charge is 2.39. The molecule has 158 valence electrons. The number of halogens is 1. The van der Waals surface area contributed by atoms with Crippen LogP contribution >= 0.6 is 0 Å². The van der Waals surface area contributed by atoms with E-state index in [1.807, 2.05) is 6.92 Å². The van der Waals surface area contributed by atoms with Gasteiger partial charge in [0.05, 0.1) is 17.9 Å². The molecule has 4 heterocycles. The quantitative estimate of drug-likeness (QED) is 0.525. The van der Waals surface area contributed by atoms with Crippen molar-refractivity contribution >= 4 is 17.6 Å². The number of carbonyl (C=O) groups is 1. The molecule has 5 rings (SSSR count). The van der Waals surface area contributed by atoms with E-state index in [0.29, 0.717) is 34.0 Å². The normalized spacial score (nSPS) is 17.3. The van der Waals surface area contributed by atoms with Crippen molar-refractivity contribution in [2.24, 2.45) is 0 Å².